The molecule has 0 fully saturated rings. The van der Waals surface area contributed by atoms with E-state index in [1.165, 1.54) is 12.1 Å². The van der Waals surface area contributed by atoms with E-state index in [-0.39, 0.29) is 23.3 Å². The highest BCUT2D eigenvalue weighted by Crippen LogP contribution is 2.18. The molecular weight excluding hydrogens is 255 g/mol. The second kappa shape index (κ2) is 6.90. The molecule has 3 N–H and O–H groups in total. The van der Waals surface area contributed by atoms with Crippen molar-refractivity contribution in [3.8, 4) is 5.75 Å². The Hall–Kier alpha value is -1.69. The summed E-state index contributed by atoms with van der Waals surface area (Å²) in [5.74, 6) is -0.449. The number of amides is 1. The number of thiocarbonyl (C=S) groups is 1. The quantitative estimate of drug-likeness (QED) is 0.605. The highest BCUT2D eigenvalue weighted by atomic mass is 32.1. The zero-order valence-corrected chi connectivity index (χ0v) is 10.8. The number of halogens is 1. The van der Waals surface area contributed by atoms with Crippen LogP contribution in [-0.2, 0) is 4.79 Å². The molecule has 0 aliphatic heterocycles. The van der Waals surface area contributed by atoms with Gasteiger partial charge in [0.1, 0.15) is 4.99 Å². The average Bonchev–Trinajstić information content (AvgIpc) is 2.35. The zero-order chi connectivity index (χ0) is 13.5. The number of hydrogen-bond donors (Lipinski definition) is 2. The van der Waals surface area contributed by atoms with E-state index < -0.39 is 5.82 Å². The van der Waals surface area contributed by atoms with Crippen molar-refractivity contribution >= 4 is 23.1 Å². The fourth-order valence-electron chi connectivity index (χ4n) is 1.31. The van der Waals surface area contributed by atoms with Gasteiger partial charge in [0.25, 0.3) is 0 Å². The fourth-order valence-corrected chi connectivity index (χ4v) is 1.44. The molecule has 98 valence electrons. The largest absolute Gasteiger partial charge is 0.491 e. The number of nitrogens with one attached hydrogen (secondary N) is 1. The van der Waals surface area contributed by atoms with E-state index in [0.717, 1.165) is 0 Å². The van der Waals surface area contributed by atoms with Gasteiger partial charge in [-0.1, -0.05) is 12.2 Å². The topological polar surface area (TPSA) is 64.3 Å². The summed E-state index contributed by atoms with van der Waals surface area (Å²) in [6.07, 6.45) is 0.874. The van der Waals surface area contributed by atoms with Gasteiger partial charge < -0.3 is 15.8 Å². The summed E-state index contributed by atoms with van der Waals surface area (Å²) in [7, 11) is 1.57. The van der Waals surface area contributed by atoms with E-state index in [0.29, 0.717) is 18.4 Å². The summed E-state index contributed by atoms with van der Waals surface area (Å²) in [5, 5.41) is 2.50. The average molecular weight is 270 g/mol. The molecule has 6 heteroatoms. The summed E-state index contributed by atoms with van der Waals surface area (Å²) in [5.41, 5.74) is 5.84. The Kier molecular flexibility index (Phi) is 5.51. The van der Waals surface area contributed by atoms with Crippen molar-refractivity contribution in [1.82, 2.24) is 5.32 Å². The minimum Gasteiger partial charge on any atom is -0.491 e. The highest BCUT2D eigenvalue weighted by Gasteiger charge is 2.06. The Labute approximate surface area is 110 Å². The van der Waals surface area contributed by atoms with Gasteiger partial charge in [-0.15, -0.1) is 0 Å². The van der Waals surface area contributed by atoms with Crippen LogP contribution in [0.3, 0.4) is 0 Å². The second-order valence-electron chi connectivity index (χ2n) is 3.63. The number of carbonyl (C=O) groups excluding carboxylic acids is 1. The van der Waals surface area contributed by atoms with E-state index in [4.69, 9.17) is 22.7 Å². The van der Waals surface area contributed by atoms with Gasteiger partial charge in [-0.2, -0.15) is 0 Å². The van der Waals surface area contributed by atoms with Crippen molar-refractivity contribution < 1.29 is 13.9 Å². The lowest BCUT2D eigenvalue weighted by Crippen LogP contribution is -2.18. The smallest absolute Gasteiger partial charge is 0.219 e. The van der Waals surface area contributed by atoms with Crippen molar-refractivity contribution in [2.24, 2.45) is 5.73 Å². The number of rotatable bonds is 6. The summed E-state index contributed by atoms with van der Waals surface area (Å²) in [6, 6.07) is 4.31. The van der Waals surface area contributed by atoms with Crippen molar-refractivity contribution in [3.63, 3.8) is 0 Å². The van der Waals surface area contributed by atoms with E-state index >= 15 is 0 Å². The first-order valence-corrected chi connectivity index (χ1v) is 5.88. The Morgan fingerprint density at radius 3 is 2.83 bits per heavy atom. The maximum absolute atomic E-state index is 13.5. The first-order valence-electron chi connectivity index (χ1n) is 5.47. The Balaban J connectivity index is 2.48. The lowest BCUT2D eigenvalue weighted by molar-refractivity contribution is -0.120. The van der Waals surface area contributed by atoms with E-state index in [9.17, 15) is 9.18 Å². The molecule has 18 heavy (non-hydrogen) atoms. The lowest BCUT2D eigenvalue weighted by atomic mass is 10.2. The van der Waals surface area contributed by atoms with E-state index in [2.05, 4.69) is 5.32 Å². The van der Waals surface area contributed by atoms with Gasteiger partial charge in [0.15, 0.2) is 11.6 Å². The molecular formula is C12H15FN2O2S. The van der Waals surface area contributed by atoms with Crippen LogP contribution in [0.25, 0.3) is 0 Å². The maximum atomic E-state index is 13.5. The Morgan fingerprint density at radius 2 is 2.28 bits per heavy atom. The minimum atomic E-state index is -0.514. The lowest BCUT2D eigenvalue weighted by Gasteiger charge is -2.08. The zero-order valence-electron chi connectivity index (χ0n) is 10.0. The number of carbonyl (C=O) groups is 1. The standard InChI is InChI=1S/C12H15FN2O2S/c1-15-11(16)3-2-6-17-10-5-4-8(12(14)18)7-9(10)13/h4-5,7H,2-3,6H2,1H3,(H2,14,18)(H,15,16). The predicted molar refractivity (Wildman–Crippen MR) is 71.1 cm³/mol. The monoisotopic (exact) mass is 270 g/mol. The van der Waals surface area contributed by atoms with Crippen LogP contribution in [0, 0.1) is 5.82 Å². The maximum Gasteiger partial charge on any atom is 0.219 e. The van der Waals surface area contributed by atoms with Gasteiger partial charge >= 0.3 is 0 Å². The summed E-state index contributed by atoms with van der Waals surface area (Å²) < 4.78 is 18.8. The first kappa shape index (κ1) is 14.4. The van der Waals surface area contributed by atoms with Crippen LogP contribution in [0.2, 0.25) is 0 Å². The van der Waals surface area contributed by atoms with Crippen LogP contribution in [0.1, 0.15) is 18.4 Å². The minimum absolute atomic E-state index is 0.0668. The molecule has 0 spiro atoms. The number of ether oxygens (including phenoxy) is 1. The second-order valence-corrected chi connectivity index (χ2v) is 4.07. The van der Waals surface area contributed by atoms with Crippen LogP contribution >= 0.6 is 12.2 Å². The first-order chi connectivity index (χ1) is 8.54. The summed E-state index contributed by atoms with van der Waals surface area (Å²) in [4.78, 5) is 11.1. The number of hydrogen-bond acceptors (Lipinski definition) is 3. The van der Waals surface area contributed by atoms with Crippen molar-refractivity contribution in [1.29, 1.82) is 0 Å². The third-order valence-corrected chi connectivity index (χ3v) is 2.54. The SMILES string of the molecule is CNC(=O)CCCOc1ccc(C(N)=S)cc1F. The normalized spacial score (nSPS) is 9.89. The predicted octanol–water partition coefficient (Wildman–Crippen LogP) is 1.36. The van der Waals surface area contributed by atoms with Crippen LogP contribution in [0.5, 0.6) is 5.75 Å². The number of benzene rings is 1. The molecule has 0 unspecified atom stereocenters. The van der Waals surface area contributed by atoms with Gasteiger partial charge in [-0.25, -0.2) is 4.39 Å². The fraction of sp³-hybridized carbons (Fsp3) is 0.333. The Bertz CT molecular complexity index is 452. The van der Waals surface area contributed by atoms with Crippen molar-refractivity contribution in [2.45, 2.75) is 12.8 Å². The highest BCUT2D eigenvalue weighted by molar-refractivity contribution is 7.80. The summed E-state index contributed by atoms with van der Waals surface area (Å²) >= 11 is 4.74. The van der Waals surface area contributed by atoms with Gasteiger partial charge in [0, 0.05) is 19.0 Å². The molecule has 0 aliphatic carbocycles. The van der Waals surface area contributed by atoms with Gasteiger partial charge in [0.05, 0.1) is 6.61 Å². The molecule has 0 heterocycles. The van der Waals surface area contributed by atoms with Crippen LogP contribution in [0.15, 0.2) is 18.2 Å². The third-order valence-electron chi connectivity index (χ3n) is 2.30. The summed E-state index contributed by atoms with van der Waals surface area (Å²) in [6.45, 7) is 0.275. The molecule has 0 saturated carbocycles. The molecule has 1 rings (SSSR count). The van der Waals surface area contributed by atoms with Gasteiger partial charge in [-0.3, -0.25) is 4.79 Å². The molecule has 4 nitrogen and oxygen atoms in total. The molecule has 0 atom stereocenters. The van der Waals surface area contributed by atoms with Crippen LogP contribution < -0.4 is 15.8 Å². The van der Waals surface area contributed by atoms with Gasteiger partial charge in [0.2, 0.25) is 5.91 Å². The van der Waals surface area contributed by atoms with Crippen LogP contribution in [-0.4, -0.2) is 24.6 Å². The molecule has 0 aliphatic rings. The molecule has 1 amide bonds. The molecule has 1 aromatic rings. The third kappa shape index (κ3) is 4.29. The van der Waals surface area contributed by atoms with Crippen molar-refractivity contribution in [2.75, 3.05) is 13.7 Å². The molecule has 0 bridgehead atoms. The van der Waals surface area contributed by atoms with E-state index in [1.54, 1.807) is 13.1 Å². The molecule has 0 saturated heterocycles. The molecule has 1 aromatic carbocycles. The Morgan fingerprint density at radius 1 is 1.56 bits per heavy atom. The number of nitrogens with two attached hydrogens (primary N) is 1. The molecule has 0 radical (unpaired) electrons. The van der Waals surface area contributed by atoms with E-state index in [1.807, 2.05) is 0 Å². The van der Waals surface area contributed by atoms with Crippen LogP contribution in [0.4, 0.5) is 4.39 Å². The van der Waals surface area contributed by atoms with Crippen molar-refractivity contribution in [3.05, 3.63) is 29.6 Å². The molecule has 0 aromatic heterocycles. The van der Waals surface area contributed by atoms with Gasteiger partial charge in [-0.05, 0) is 24.6 Å².